The Morgan fingerprint density at radius 2 is 1.73 bits per heavy atom. The van der Waals surface area contributed by atoms with E-state index in [4.69, 9.17) is 9.47 Å². The van der Waals surface area contributed by atoms with Crippen LogP contribution in [0.3, 0.4) is 0 Å². The van der Waals surface area contributed by atoms with Crippen molar-refractivity contribution in [3.05, 3.63) is 29.8 Å². The van der Waals surface area contributed by atoms with Crippen LogP contribution in [0.25, 0.3) is 0 Å². The lowest BCUT2D eigenvalue weighted by Gasteiger charge is -2.62. The van der Waals surface area contributed by atoms with Crippen molar-refractivity contribution in [1.82, 2.24) is 4.90 Å². The molecule has 0 aromatic heterocycles. The summed E-state index contributed by atoms with van der Waals surface area (Å²) < 4.78 is 10.8. The maximum absolute atomic E-state index is 13.6. The van der Waals surface area contributed by atoms with E-state index in [1.807, 2.05) is 0 Å². The maximum Gasteiger partial charge on any atom is 0.228 e. The van der Waals surface area contributed by atoms with Crippen LogP contribution >= 0.6 is 0 Å². The molecule has 4 bridgehead atoms. The number of carbonyl (C=O) groups is 1. The van der Waals surface area contributed by atoms with Gasteiger partial charge in [0.2, 0.25) is 5.91 Å². The van der Waals surface area contributed by atoms with E-state index in [1.54, 1.807) is 7.11 Å². The quantitative estimate of drug-likeness (QED) is 0.834. The molecule has 1 heterocycles. The number of benzene rings is 1. The highest BCUT2D eigenvalue weighted by Gasteiger charge is 2.61. The third kappa shape index (κ3) is 2.49. The van der Waals surface area contributed by atoms with Crippen molar-refractivity contribution in [3.8, 4) is 5.75 Å². The number of nitrogens with zero attached hydrogens (tertiary/aromatic N) is 1. The number of carbonyl (C=O) groups excluding carboxylic acids is 1. The van der Waals surface area contributed by atoms with Gasteiger partial charge in [0.1, 0.15) is 5.75 Å². The second-order valence-corrected chi connectivity index (χ2v) is 9.15. The van der Waals surface area contributed by atoms with Gasteiger partial charge in [0.05, 0.1) is 25.7 Å². The number of rotatable bonds is 3. The molecule has 5 fully saturated rings. The predicted octanol–water partition coefficient (Wildman–Crippen LogP) is 3.39. The molecule has 4 nitrogen and oxygen atoms in total. The van der Waals surface area contributed by atoms with Crippen molar-refractivity contribution < 1.29 is 14.3 Å². The van der Waals surface area contributed by atoms with Gasteiger partial charge in [-0.2, -0.15) is 0 Å². The molecule has 140 valence electrons. The molecule has 1 saturated heterocycles. The van der Waals surface area contributed by atoms with E-state index < -0.39 is 0 Å². The van der Waals surface area contributed by atoms with Gasteiger partial charge in [-0.25, -0.2) is 0 Å². The summed E-state index contributed by atoms with van der Waals surface area (Å²) in [4.78, 5) is 15.7. The highest BCUT2D eigenvalue weighted by atomic mass is 16.5. The average Bonchev–Trinajstić information content (AvgIpc) is 2.67. The molecule has 1 aliphatic heterocycles. The zero-order chi connectivity index (χ0) is 17.8. The molecule has 4 saturated carbocycles. The van der Waals surface area contributed by atoms with Gasteiger partial charge < -0.3 is 14.4 Å². The lowest BCUT2D eigenvalue weighted by Crippen LogP contribution is -2.60. The molecule has 5 aliphatic rings. The minimum absolute atomic E-state index is 0.124. The summed E-state index contributed by atoms with van der Waals surface area (Å²) in [6.07, 6.45) is 7.10. The fourth-order valence-electron chi connectivity index (χ4n) is 6.90. The SMILES string of the molecule is COc1ccc(C23CC4CC(CC(C(=O)N5CCOCC5)(C4)C2)C3)cc1. The van der Waals surface area contributed by atoms with Crippen LogP contribution in [-0.4, -0.2) is 44.2 Å². The van der Waals surface area contributed by atoms with Gasteiger partial charge in [-0.05, 0) is 73.5 Å². The Bertz CT molecular complexity index is 678. The van der Waals surface area contributed by atoms with Crippen molar-refractivity contribution in [1.29, 1.82) is 0 Å². The van der Waals surface area contributed by atoms with Crippen molar-refractivity contribution >= 4 is 5.91 Å². The van der Waals surface area contributed by atoms with Gasteiger partial charge >= 0.3 is 0 Å². The molecule has 1 aromatic rings. The maximum atomic E-state index is 13.6. The van der Waals surface area contributed by atoms with Gasteiger partial charge in [-0.15, -0.1) is 0 Å². The number of methoxy groups -OCH3 is 1. The average molecular weight is 355 g/mol. The molecule has 6 rings (SSSR count). The van der Waals surface area contributed by atoms with E-state index in [-0.39, 0.29) is 10.8 Å². The number of hydrogen-bond donors (Lipinski definition) is 0. The summed E-state index contributed by atoms with van der Waals surface area (Å²) in [5.74, 6) is 2.76. The first-order valence-corrected chi connectivity index (χ1v) is 10.1. The minimum atomic E-state index is -0.124. The van der Waals surface area contributed by atoms with E-state index in [9.17, 15) is 4.79 Å². The molecule has 0 spiro atoms. The Morgan fingerprint density at radius 1 is 1.08 bits per heavy atom. The molecule has 26 heavy (non-hydrogen) atoms. The molecular weight excluding hydrogens is 326 g/mol. The van der Waals surface area contributed by atoms with Crippen LogP contribution in [0.15, 0.2) is 24.3 Å². The van der Waals surface area contributed by atoms with Gasteiger partial charge in [0, 0.05) is 13.1 Å². The number of hydrogen-bond acceptors (Lipinski definition) is 3. The summed E-state index contributed by atoms with van der Waals surface area (Å²) in [6.45, 7) is 2.92. The zero-order valence-electron chi connectivity index (χ0n) is 15.7. The van der Waals surface area contributed by atoms with E-state index in [1.165, 1.54) is 24.8 Å². The third-order valence-electron chi connectivity index (χ3n) is 7.52. The molecule has 0 radical (unpaired) electrons. The van der Waals surface area contributed by atoms with Crippen LogP contribution in [0.5, 0.6) is 5.75 Å². The van der Waals surface area contributed by atoms with Gasteiger partial charge in [-0.3, -0.25) is 4.79 Å². The normalized spacial score (nSPS) is 38.4. The Balaban J connectivity index is 1.48. The monoisotopic (exact) mass is 355 g/mol. The second kappa shape index (κ2) is 5.98. The van der Waals surface area contributed by atoms with Crippen LogP contribution in [-0.2, 0) is 14.9 Å². The topological polar surface area (TPSA) is 38.8 Å². The summed E-state index contributed by atoms with van der Waals surface area (Å²) in [7, 11) is 1.72. The van der Waals surface area contributed by atoms with Gasteiger partial charge in [-0.1, -0.05) is 12.1 Å². The largest absolute Gasteiger partial charge is 0.497 e. The van der Waals surface area contributed by atoms with Crippen molar-refractivity contribution in [3.63, 3.8) is 0 Å². The first-order valence-electron chi connectivity index (χ1n) is 10.1. The number of morpholine rings is 1. The first kappa shape index (κ1) is 16.6. The summed E-state index contributed by atoms with van der Waals surface area (Å²) in [5, 5.41) is 0. The molecule has 2 unspecified atom stereocenters. The van der Waals surface area contributed by atoms with E-state index in [0.717, 1.165) is 38.1 Å². The molecular formula is C22H29NO3. The first-order chi connectivity index (χ1) is 12.6. The summed E-state index contributed by atoms with van der Waals surface area (Å²) in [5.41, 5.74) is 1.49. The molecule has 4 heteroatoms. The minimum Gasteiger partial charge on any atom is -0.497 e. The Labute approximate surface area is 155 Å². The number of amides is 1. The fourth-order valence-corrected chi connectivity index (χ4v) is 6.90. The Kier molecular flexibility index (Phi) is 3.82. The Morgan fingerprint density at radius 3 is 2.35 bits per heavy atom. The van der Waals surface area contributed by atoms with Crippen LogP contribution in [0.2, 0.25) is 0 Å². The summed E-state index contributed by atoms with van der Waals surface area (Å²) >= 11 is 0. The van der Waals surface area contributed by atoms with Crippen molar-refractivity contribution in [2.24, 2.45) is 17.3 Å². The van der Waals surface area contributed by atoms with Crippen molar-refractivity contribution in [2.75, 3.05) is 33.4 Å². The predicted molar refractivity (Wildman–Crippen MR) is 99.2 cm³/mol. The molecule has 2 atom stereocenters. The van der Waals surface area contributed by atoms with Crippen LogP contribution in [0, 0.1) is 17.3 Å². The van der Waals surface area contributed by atoms with Gasteiger partial charge in [0.15, 0.2) is 0 Å². The van der Waals surface area contributed by atoms with E-state index in [2.05, 4.69) is 29.2 Å². The van der Waals surface area contributed by atoms with E-state index in [0.29, 0.717) is 31.0 Å². The third-order valence-corrected chi connectivity index (χ3v) is 7.52. The van der Waals surface area contributed by atoms with Crippen LogP contribution in [0.1, 0.15) is 44.1 Å². The van der Waals surface area contributed by atoms with Crippen LogP contribution < -0.4 is 4.74 Å². The molecule has 1 amide bonds. The lowest BCUT2D eigenvalue weighted by atomic mass is 9.42. The zero-order valence-corrected chi connectivity index (χ0v) is 15.7. The highest BCUT2D eigenvalue weighted by molar-refractivity contribution is 5.83. The molecule has 4 aliphatic carbocycles. The highest BCUT2D eigenvalue weighted by Crippen LogP contribution is 2.66. The lowest BCUT2D eigenvalue weighted by molar-refractivity contribution is -0.164. The van der Waals surface area contributed by atoms with E-state index >= 15 is 0 Å². The standard InChI is InChI=1S/C22H29NO3/c1-25-19-4-2-18(3-5-19)21-11-16-10-17(12-21)14-22(13-16,15-21)20(24)23-6-8-26-9-7-23/h2-5,16-17H,6-15H2,1H3. The van der Waals surface area contributed by atoms with Crippen LogP contribution in [0.4, 0.5) is 0 Å². The number of ether oxygens (including phenoxy) is 2. The Hall–Kier alpha value is -1.55. The second-order valence-electron chi connectivity index (χ2n) is 9.15. The smallest absolute Gasteiger partial charge is 0.228 e. The molecule has 0 N–H and O–H groups in total. The van der Waals surface area contributed by atoms with Gasteiger partial charge in [0.25, 0.3) is 0 Å². The van der Waals surface area contributed by atoms with Crippen molar-refractivity contribution in [2.45, 2.75) is 43.9 Å². The molecule has 1 aromatic carbocycles. The summed E-state index contributed by atoms with van der Waals surface area (Å²) in [6, 6.07) is 8.67. The fraction of sp³-hybridized carbons (Fsp3) is 0.682.